The summed E-state index contributed by atoms with van der Waals surface area (Å²) in [6.07, 6.45) is 1.92. The molecule has 2 heterocycles. The van der Waals surface area contributed by atoms with Crippen molar-refractivity contribution in [1.29, 1.82) is 0 Å². The third-order valence-corrected chi connectivity index (χ3v) is 14.0. The Morgan fingerprint density at radius 2 is 1.04 bits per heavy atom. The summed E-state index contributed by atoms with van der Waals surface area (Å²) in [6.45, 7) is -0.343. The van der Waals surface area contributed by atoms with Gasteiger partial charge in [-0.25, -0.2) is 44.3 Å². The maximum Gasteiger partial charge on any atom is 0.326 e. The van der Waals surface area contributed by atoms with Gasteiger partial charge in [0.05, 0.1) is 22.0 Å². The number of anilines is 2. The maximum absolute atomic E-state index is 12.1. The molecule has 6 N–H and O–H groups in total. The van der Waals surface area contributed by atoms with Gasteiger partial charge in [0.25, 0.3) is 11.8 Å². The predicted octanol–water partition coefficient (Wildman–Crippen LogP) is 1.11. The molecule has 2 fully saturated rings. The Kier molecular flexibility index (Phi) is 13.5. The van der Waals surface area contributed by atoms with E-state index in [9.17, 15) is 53.5 Å². The van der Waals surface area contributed by atoms with Crippen molar-refractivity contribution >= 4 is 63.7 Å². The van der Waals surface area contributed by atoms with Crippen molar-refractivity contribution in [2.45, 2.75) is 36.3 Å². The number of aromatic hydroxyl groups is 2. The Morgan fingerprint density at radius 1 is 0.596 bits per heavy atom. The van der Waals surface area contributed by atoms with E-state index in [1.165, 1.54) is 36.4 Å². The number of hydrogen-bond donors (Lipinski definition) is 6. The van der Waals surface area contributed by atoms with Crippen molar-refractivity contribution in [3.05, 3.63) is 114 Å². The summed E-state index contributed by atoms with van der Waals surface area (Å²) in [5, 5.41) is 20.3. The van der Waals surface area contributed by atoms with Crippen molar-refractivity contribution in [3.63, 3.8) is 0 Å². The highest BCUT2D eigenvalue weighted by Crippen LogP contribution is 2.33. The number of rotatable bonds is 15. The first kappa shape index (κ1) is 42.9. The highest BCUT2D eigenvalue weighted by molar-refractivity contribution is 7.92. The molecule has 0 atom stereocenters. The van der Waals surface area contributed by atoms with Crippen LogP contribution in [0.15, 0.2) is 102 Å². The van der Waals surface area contributed by atoms with Gasteiger partial charge in [-0.1, -0.05) is 60.7 Å². The molecule has 4 aromatic carbocycles. The number of phenolic OH excluding ortho intramolecular Hbond substituents is 2. The molecule has 0 unspecified atom stereocenters. The standard InChI is InChI=1S/C18H21N3O6S2.C17H19N3O6S2/c22-17-11-14(8-9-16(17)21-12-18(23)20-29(21,26)27)7-4-10-19-28(24,25)13-15-5-2-1-3-6-15;21-16-11-13(8-9-15(16)20-12-17(22)19-28(20,25)26)5-4-10-18-27(23,24)14-6-2-1-3-7-14/h1-3,5-6,8-9,11,19,22H,4,7,10,12-13H2,(H,20,23);1-3,6-9,11,18,21H,4-5,10,12H2,(H,19,22). The van der Waals surface area contributed by atoms with Crippen molar-refractivity contribution < 1.29 is 53.5 Å². The molecular weight excluding hydrogens is 825 g/mol. The van der Waals surface area contributed by atoms with Crippen LogP contribution in [-0.4, -0.2) is 81.9 Å². The van der Waals surface area contributed by atoms with Gasteiger partial charge in [0, 0.05) is 13.1 Å². The first-order chi connectivity index (χ1) is 26.8. The molecule has 0 radical (unpaired) electrons. The zero-order valence-electron chi connectivity index (χ0n) is 30.1. The molecule has 2 saturated heterocycles. The van der Waals surface area contributed by atoms with Crippen LogP contribution >= 0.6 is 0 Å². The quantitative estimate of drug-likeness (QED) is 0.0919. The number of benzene rings is 4. The van der Waals surface area contributed by atoms with Crippen LogP contribution < -0.4 is 27.5 Å². The number of nitrogens with one attached hydrogen (secondary N) is 4. The van der Waals surface area contributed by atoms with Gasteiger partial charge in [-0.3, -0.25) is 9.59 Å². The average Bonchev–Trinajstić information content (AvgIpc) is 3.59. The molecule has 6 rings (SSSR count). The summed E-state index contributed by atoms with van der Waals surface area (Å²) >= 11 is 0. The lowest BCUT2D eigenvalue weighted by atomic mass is 10.1. The van der Waals surface area contributed by atoms with Crippen molar-refractivity contribution in [3.8, 4) is 11.5 Å². The Morgan fingerprint density at radius 3 is 1.46 bits per heavy atom. The lowest BCUT2D eigenvalue weighted by Crippen LogP contribution is -2.29. The van der Waals surface area contributed by atoms with E-state index in [2.05, 4.69) is 9.44 Å². The molecule has 18 nitrogen and oxygen atoms in total. The number of nitrogens with zero attached hydrogens (tertiary/aromatic N) is 2. The molecule has 0 aromatic heterocycles. The van der Waals surface area contributed by atoms with Gasteiger partial charge in [-0.05, 0) is 78.8 Å². The fourth-order valence-electron chi connectivity index (χ4n) is 5.74. The van der Waals surface area contributed by atoms with Crippen LogP contribution in [0.4, 0.5) is 11.4 Å². The summed E-state index contributed by atoms with van der Waals surface area (Å²) in [5.41, 5.74) is 2.13. The molecule has 0 aliphatic carbocycles. The predicted molar refractivity (Wildman–Crippen MR) is 210 cm³/mol. The van der Waals surface area contributed by atoms with Crippen LogP contribution in [0, 0.1) is 0 Å². The summed E-state index contributed by atoms with van der Waals surface area (Å²) in [4.78, 5) is 22.8. The van der Waals surface area contributed by atoms with Crippen LogP contribution in [-0.2, 0) is 68.6 Å². The Balaban J connectivity index is 0.000000218. The molecule has 0 saturated carbocycles. The van der Waals surface area contributed by atoms with Crippen molar-refractivity contribution in [1.82, 2.24) is 18.9 Å². The van der Waals surface area contributed by atoms with Gasteiger partial charge < -0.3 is 10.2 Å². The number of phenols is 2. The summed E-state index contributed by atoms with van der Waals surface area (Å²) in [6, 6.07) is 25.8. The normalized spacial score (nSPS) is 16.1. The second-order valence-electron chi connectivity index (χ2n) is 12.8. The monoisotopic (exact) mass is 864 g/mol. The average molecular weight is 865 g/mol. The van der Waals surface area contributed by atoms with E-state index in [0.717, 1.165) is 8.61 Å². The molecule has 2 aliphatic rings. The van der Waals surface area contributed by atoms with Crippen LogP contribution in [0.1, 0.15) is 29.5 Å². The number of carbonyl (C=O) groups is 2. The van der Waals surface area contributed by atoms with E-state index >= 15 is 0 Å². The molecule has 57 heavy (non-hydrogen) atoms. The molecule has 22 heteroatoms. The maximum atomic E-state index is 12.1. The van der Waals surface area contributed by atoms with Crippen molar-refractivity contribution in [2.24, 2.45) is 0 Å². The third kappa shape index (κ3) is 11.6. The Bertz CT molecular complexity index is 2540. The van der Waals surface area contributed by atoms with Crippen LogP contribution in [0.3, 0.4) is 0 Å². The SMILES string of the molecule is O=C1CN(c2ccc(CCCNS(=O)(=O)Cc3ccccc3)cc2O)S(=O)(=O)N1.O=C1CN(c2ccc(CCCNS(=O)(=O)c3ccccc3)cc2O)S(=O)(=O)N1. The lowest BCUT2D eigenvalue weighted by Gasteiger charge is -2.16. The number of sulfonamides is 2. The van der Waals surface area contributed by atoms with E-state index in [4.69, 9.17) is 0 Å². The largest absolute Gasteiger partial charge is 0.506 e. The first-order valence-electron chi connectivity index (χ1n) is 17.2. The third-order valence-electron chi connectivity index (χ3n) is 8.41. The summed E-state index contributed by atoms with van der Waals surface area (Å²) < 4.78 is 106. The molecule has 2 amide bonds. The van der Waals surface area contributed by atoms with Gasteiger partial charge in [-0.2, -0.15) is 16.8 Å². The van der Waals surface area contributed by atoms with Crippen LogP contribution in [0.5, 0.6) is 11.5 Å². The summed E-state index contributed by atoms with van der Waals surface area (Å²) in [5.74, 6) is -1.99. The van der Waals surface area contributed by atoms with E-state index in [1.807, 2.05) is 15.5 Å². The molecule has 2 aliphatic heterocycles. The van der Waals surface area contributed by atoms with E-state index < -0.39 is 65.4 Å². The zero-order valence-corrected chi connectivity index (χ0v) is 33.4. The smallest absolute Gasteiger partial charge is 0.326 e. The molecule has 4 aromatic rings. The second kappa shape index (κ2) is 17.9. The van der Waals surface area contributed by atoms with Gasteiger partial charge >= 0.3 is 20.4 Å². The van der Waals surface area contributed by atoms with E-state index in [1.54, 1.807) is 54.6 Å². The minimum absolute atomic E-state index is 0.00637. The zero-order chi connectivity index (χ0) is 41.4. The Hall–Kier alpha value is -5.26. The molecule has 0 bridgehead atoms. The Labute approximate surface area is 331 Å². The van der Waals surface area contributed by atoms with Gasteiger partial charge in [-0.15, -0.1) is 0 Å². The molecular formula is C35H40N6O12S4. The van der Waals surface area contributed by atoms with Gasteiger partial charge in [0.1, 0.15) is 24.6 Å². The number of aryl methyl sites for hydroxylation is 2. The fourth-order valence-corrected chi connectivity index (χ4v) is 10.4. The lowest BCUT2D eigenvalue weighted by molar-refractivity contribution is -0.118. The number of carbonyl (C=O) groups excluding carboxylic acids is 2. The van der Waals surface area contributed by atoms with Gasteiger partial charge in [0.15, 0.2) is 0 Å². The number of amides is 2. The van der Waals surface area contributed by atoms with Crippen LogP contribution in [0.2, 0.25) is 0 Å². The minimum atomic E-state index is -3.99. The minimum Gasteiger partial charge on any atom is -0.506 e. The van der Waals surface area contributed by atoms with Crippen LogP contribution in [0.25, 0.3) is 0 Å². The first-order valence-corrected chi connectivity index (χ1v) is 23.2. The van der Waals surface area contributed by atoms with E-state index in [0.29, 0.717) is 42.4 Å². The van der Waals surface area contributed by atoms with Crippen molar-refractivity contribution in [2.75, 3.05) is 34.8 Å². The van der Waals surface area contributed by atoms with E-state index in [-0.39, 0.29) is 46.6 Å². The highest BCUT2D eigenvalue weighted by Gasteiger charge is 2.36. The van der Waals surface area contributed by atoms with Gasteiger partial charge in [0.2, 0.25) is 20.0 Å². The second-order valence-corrected chi connectivity index (χ2v) is 19.5. The molecule has 306 valence electrons. The highest BCUT2D eigenvalue weighted by atomic mass is 32.2. The summed E-state index contributed by atoms with van der Waals surface area (Å²) in [7, 11) is -15.0. The topological polar surface area (TPSA) is 266 Å². The molecule has 0 spiro atoms. The fraction of sp³-hybridized carbons (Fsp3) is 0.257. The number of hydrogen-bond acceptors (Lipinski definition) is 12.